The van der Waals surface area contributed by atoms with Crippen LogP contribution in [0, 0.1) is 5.41 Å². The highest BCUT2D eigenvalue weighted by molar-refractivity contribution is 5.78. The zero-order valence-corrected chi connectivity index (χ0v) is 12.2. The molecule has 0 aliphatic rings. The molecule has 0 amide bonds. The second kappa shape index (κ2) is 6.12. The molecule has 0 bridgehead atoms. The van der Waals surface area contributed by atoms with Crippen molar-refractivity contribution in [3.8, 4) is 0 Å². The van der Waals surface area contributed by atoms with Gasteiger partial charge in [0.2, 0.25) is 0 Å². The van der Waals surface area contributed by atoms with Gasteiger partial charge in [-0.05, 0) is 55.4 Å². The molecule has 96 valence electrons. The van der Waals surface area contributed by atoms with Crippen LogP contribution in [0.1, 0.15) is 55.4 Å². The molecule has 0 aliphatic carbocycles. The SMILES string of the molecule is CC(C)N(C(=N)N(C(C)C)C(C)C)C(C)C. The standard InChI is InChI=1S/C13H29N3/c1-9(2)15(10(3)4)13(14)16(11(5)6)12(7)8/h9-12,14H,1-8H3. The average molecular weight is 227 g/mol. The van der Waals surface area contributed by atoms with Crippen LogP contribution in [0.3, 0.4) is 0 Å². The van der Waals surface area contributed by atoms with E-state index in [2.05, 4.69) is 65.2 Å². The van der Waals surface area contributed by atoms with Crippen LogP contribution in [0.15, 0.2) is 0 Å². The van der Waals surface area contributed by atoms with Gasteiger partial charge in [0.1, 0.15) is 0 Å². The van der Waals surface area contributed by atoms with E-state index in [0.717, 1.165) is 0 Å². The Labute approximate surface area is 101 Å². The van der Waals surface area contributed by atoms with Gasteiger partial charge in [-0.15, -0.1) is 0 Å². The third-order valence-electron chi connectivity index (χ3n) is 2.71. The molecule has 0 fully saturated rings. The summed E-state index contributed by atoms with van der Waals surface area (Å²) in [7, 11) is 0. The second-order valence-electron chi connectivity index (χ2n) is 5.51. The minimum absolute atomic E-state index is 0.368. The van der Waals surface area contributed by atoms with Crippen LogP contribution in [-0.4, -0.2) is 39.9 Å². The van der Waals surface area contributed by atoms with E-state index in [1.807, 2.05) is 0 Å². The van der Waals surface area contributed by atoms with Crippen LogP contribution in [0.25, 0.3) is 0 Å². The Bertz CT molecular complexity index is 181. The summed E-state index contributed by atoms with van der Waals surface area (Å²) in [5, 5.41) is 8.38. The van der Waals surface area contributed by atoms with Crippen molar-refractivity contribution in [1.29, 1.82) is 5.41 Å². The average Bonchev–Trinajstić information content (AvgIpc) is 1.99. The van der Waals surface area contributed by atoms with E-state index in [4.69, 9.17) is 5.41 Å². The Kier molecular flexibility index (Phi) is 5.84. The minimum Gasteiger partial charge on any atom is -0.338 e. The maximum absolute atomic E-state index is 8.38. The number of guanidine groups is 1. The van der Waals surface area contributed by atoms with Crippen LogP contribution in [0.2, 0.25) is 0 Å². The largest absolute Gasteiger partial charge is 0.338 e. The lowest BCUT2D eigenvalue weighted by atomic mass is 10.2. The fraction of sp³-hybridized carbons (Fsp3) is 0.923. The van der Waals surface area contributed by atoms with E-state index in [0.29, 0.717) is 30.1 Å². The molecular formula is C13H29N3. The van der Waals surface area contributed by atoms with E-state index >= 15 is 0 Å². The number of nitrogens with one attached hydrogen (secondary N) is 1. The molecule has 0 aromatic carbocycles. The van der Waals surface area contributed by atoms with Gasteiger partial charge in [0.15, 0.2) is 5.96 Å². The highest BCUT2D eigenvalue weighted by Gasteiger charge is 2.25. The van der Waals surface area contributed by atoms with Crippen LogP contribution >= 0.6 is 0 Å². The van der Waals surface area contributed by atoms with E-state index in [1.54, 1.807) is 0 Å². The number of rotatable bonds is 4. The number of nitrogens with zero attached hydrogens (tertiary/aromatic N) is 2. The van der Waals surface area contributed by atoms with Gasteiger partial charge in [-0.2, -0.15) is 0 Å². The number of hydrogen-bond acceptors (Lipinski definition) is 1. The topological polar surface area (TPSA) is 30.3 Å². The zero-order chi connectivity index (χ0) is 13.0. The molecule has 0 aliphatic heterocycles. The lowest BCUT2D eigenvalue weighted by Gasteiger charge is -2.42. The summed E-state index contributed by atoms with van der Waals surface area (Å²) in [6.45, 7) is 17.2. The molecule has 0 heterocycles. The first kappa shape index (κ1) is 15.3. The van der Waals surface area contributed by atoms with Crippen molar-refractivity contribution in [2.75, 3.05) is 0 Å². The molecule has 0 spiro atoms. The third kappa shape index (κ3) is 3.69. The van der Waals surface area contributed by atoms with Gasteiger partial charge in [-0.1, -0.05) is 0 Å². The van der Waals surface area contributed by atoms with Gasteiger partial charge in [0.05, 0.1) is 0 Å². The van der Waals surface area contributed by atoms with Crippen molar-refractivity contribution in [3.05, 3.63) is 0 Å². The predicted octanol–water partition coefficient (Wildman–Crippen LogP) is 3.16. The van der Waals surface area contributed by atoms with Crippen molar-refractivity contribution >= 4 is 5.96 Å². The van der Waals surface area contributed by atoms with Crippen molar-refractivity contribution in [2.45, 2.75) is 79.6 Å². The van der Waals surface area contributed by atoms with Crippen LogP contribution in [0.4, 0.5) is 0 Å². The molecule has 0 saturated carbocycles. The zero-order valence-electron chi connectivity index (χ0n) is 12.2. The maximum atomic E-state index is 8.38. The van der Waals surface area contributed by atoms with Crippen molar-refractivity contribution in [3.63, 3.8) is 0 Å². The Morgan fingerprint density at radius 3 is 0.938 bits per heavy atom. The van der Waals surface area contributed by atoms with E-state index in [1.165, 1.54) is 0 Å². The van der Waals surface area contributed by atoms with Crippen LogP contribution in [0.5, 0.6) is 0 Å². The highest BCUT2D eigenvalue weighted by Crippen LogP contribution is 2.13. The first-order valence-electron chi connectivity index (χ1n) is 6.35. The smallest absolute Gasteiger partial charge is 0.194 e. The van der Waals surface area contributed by atoms with Crippen LogP contribution in [-0.2, 0) is 0 Å². The summed E-state index contributed by atoms with van der Waals surface area (Å²) in [4.78, 5) is 4.33. The fourth-order valence-corrected chi connectivity index (χ4v) is 2.30. The van der Waals surface area contributed by atoms with E-state index in [9.17, 15) is 0 Å². The Morgan fingerprint density at radius 2 is 0.812 bits per heavy atom. The molecule has 0 saturated heterocycles. The van der Waals surface area contributed by atoms with Gasteiger partial charge >= 0.3 is 0 Å². The van der Waals surface area contributed by atoms with E-state index in [-0.39, 0.29) is 0 Å². The molecule has 0 unspecified atom stereocenters. The molecule has 0 aromatic heterocycles. The molecule has 0 aromatic rings. The number of hydrogen-bond donors (Lipinski definition) is 1. The Morgan fingerprint density at radius 1 is 0.625 bits per heavy atom. The summed E-state index contributed by atoms with van der Waals surface area (Å²) in [5.74, 6) is 0.648. The van der Waals surface area contributed by atoms with Crippen LogP contribution < -0.4 is 0 Å². The molecule has 16 heavy (non-hydrogen) atoms. The van der Waals surface area contributed by atoms with Gasteiger partial charge in [0.25, 0.3) is 0 Å². The lowest BCUT2D eigenvalue weighted by molar-refractivity contribution is 0.197. The first-order valence-corrected chi connectivity index (χ1v) is 6.35. The molecular weight excluding hydrogens is 198 g/mol. The van der Waals surface area contributed by atoms with Crippen molar-refractivity contribution in [1.82, 2.24) is 9.80 Å². The third-order valence-corrected chi connectivity index (χ3v) is 2.71. The fourth-order valence-electron chi connectivity index (χ4n) is 2.30. The minimum atomic E-state index is 0.368. The highest BCUT2D eigenvalue weighted by atomic mass is 15.4. The Hall–Kier alpha value is -0.730. The summed E-state index contributed by atoms with van der Waals surface area (Å²) in [6.07, 6.45) is 0. The Balaban J connectivity index is 4.96. The monoisotopic (exact) mass is 227 g/mol. The quantitative estimate of drug-likeness (QED) is 0.590. The molecule has 1 N–H and O–H groups in total. The molecule has 0 radical (unpaired) electrons. The van der Waals surface area contributed by atoms with Crippen molar-refractivity contribution < 1.29 is 0 Å². The molecule has 3 heteroatoms. The summed E-state index contributed by atoms with van der Waals surface area (Å²) in [6, 6.07) is 1.47. The second-order valence-corrected chi connectivity index (χ2v) is 5.51. The van der Waals surface area contributed by atoms with Crippen molar-refractivity contribution in [2.24, 2.45) is 0 Å². The molecule has 0 rings (SSSR count). The van der Waals surface area contributed by atoms with Gasteiger partial charge in [-0.3, -0.25) is 5.41 Å². The summed E-state index contributed by atoms with van der Waals surface area (Å²) >= 11 is 0. The summed E-state index contributed by atoms with van der Waals surface area (Å²) < 4.78 is 0. The normalized spacial score (nSPS) is 11.8. The van der Waals surface area contributed by atoms with Gasteiger partial charge < -0.3 is 9.80 Å². The van der Waals surface area contributed by atoms with Gasteiger partial charge in [-0.25, -0.2) is 0 Å². The molecule has 3 nitrogen and oxygen atoms in total. The predicted molar refractivity (Wildman–Crippen MR) is 71.9 cm³/mol. The first-order chi connectivity index (χ1) is 7.20. The lowest BCUT2D eigenvalue weighted by Crippen LogP contribution is -2.54. The maximum Gasteiger partial charge on any atom is 0.194 e. The van der Waals surface area contributed by atoms with E-state index < -0.39 is 0 Å². The van der Waals surface area contributed by atoms with Gasteiger partial charge in [0, 0.05) is 24.2 Å². The molecule has 0 atom stereocenters. The summed E-state index contributed by atoms with van der Waals surface area (Å²) in [5.41, 5.74) is 0.